The maximum Gasteiger partial charge on any atom is 0.108 e. The Balaban J connectivity index is 1.59. The van der Waals surface area contributed by atoms with E-state index in [1.54, 1.807) is 0 Å². The third-order valence-corrected chi connectivity index (χ3v) is 5.94. The van der Waals surface area contributed by atoms with Crippen molar-refractivity contribution in [2.75, 3.05) is 0 Å². The third kappa shape index (κ3) is 3.87. The summed E-state index contributed by atoms with van der Waals surface area (Å²) >= 11 is 0. The normalized spacial score (nSPS) is 26.7. The Bertz CT molecular complexity index is 704. The van der Waals surface area contributed by atoms with E-state index < -0.39 is 0 Å². The minimum atomic E-state index is 0.0210. The summed E-state index contributed by atoms with van der Waals surface area (Å²) < 4.78 is 6.73. The fourth-order valence-electron chi connectivity index (χ4n) is 4.44. The molecule has 2 nitrogen and oxygen atoms in total. The maximum absolute atomic E-state index is 6.73. The molecule has 138 valence electrons. The van der Waals surface area contributed by atoms with E-state index >= 15 is 0 Å². The van der Waals surface area contributed by atoms with Crippen molar-refractivity contribution in [1.82, 2.24) is 5.32 Å². The molecular formula is C24H31NO. The smallest absolute Gasteiger partial charge is 0.108 e. The van der Waals surface area contributed by atoms with Crippen LogP contribution in [0.1, 0.15) is 69.2 Å². The second-order valence-electron chi connectivity index (χ2n) is 9.03. The fraction of sp³-hybridized carbons (Fsp3) is 0.500. The lowest BCUT2D eigenvalue weighted by Gasteiger charge is -2.33. The van der Waals surface area contributed by atoms with Gasteiger partial charge in [0.25, 0.3) is 0 Å². The lowest BCUT2D eigenvalue weighted by molar-refractivity contribution is -0.0182. The Morgan fingerprint density at radius 2 is 1.42 bits per heavy atom. The Hall–Kier alpha value is -1.64. The maximum atomic E-state index is 6.73. The largest absolute Gasteiger partial charge is 0.365 e. The van der Waals surface area contributed by atoms with Crippen molar-refractivity contribution < 1.29 is 4.74 Å². The summed E-state index contributed by atoms with van der Waals surface area (Å²) in [5.41, 5.74) is 4.06. The molecule has 0 aromatic heterocycles. The van der Waals surface area contributed by atoms with E-state index in [-0.39, 0.29) is 11.5 Å². The molecule has 2 fully saturated rings. The van der Waals surface area contributed by atoms with E-state index in [1.165, 1.54) is 29.5 Å². The van der Waals surface area contributed by atoms with Crippen molar-refractivity contribution in [3.63, 3.8) is 0 Å². The van der Waals surface area contributed by atoms with Crippen molar-refractivity contribution in [3.8, 4) is 0 Å². The molecule has 2 heteroatoms. The third-order valence-electron chi connectivity index (χ3n) is 5.94. The molecule has 2 aliphatic rings. The van der Waals surface area contributed by atoms with Crippen molar-refractivity contribution in [2.45, 2.75) is 76.2 Å². The van der Waals surface area contributed by atoms with Crippen LogP contribution in [0.5, 0.6) is 0 Å². The molecule has 26 heavy (non-hydrogen) atoms. The minimum Gasteiger partial charge on any atom is -0.365 e. The lowest BCUT2D eigenvalue weighted by Crippen LogP contribution is -2.41. The molecule has 0 amide bonds. The van der Waals surface area contributed by atoms with E-state index in [2.05, 4.69) is 80.7 Å². The molecule has 4 atom stereocenters. The van der Waals surface area contributed by atoms with Crippen LogP contribution in [0.3, 0.4) is 0 Å². The summed E-state index contributed by atoms with van der Waals surface area (Å²) in [7, 11) is 0. The first kappa shape index (κ1) is 17.8. The number of piperidine rings is 1. The van der Waals surface area contributed by atoms with Crippen LogP contribution >= 0.6 is 0 Å². The predicted molar refractivity (Wildman–Crippen MR) is 107 cm³/mol. The first-order valence-electron chi connectivity index (χ1n) is 10.1. The van der Waals surface area contributed by atoms with Crippen molar-refractivity contribution >= 4 is 0 Å². The average Bonchev–Trinajstić information content (AvgIpc) is 2.98. The Labute approximate surface area is 158 Å². The van der Waals surface area contributed by atoms with Gasteiger partial charge >= 0.3 is 0 Å². The van der Waals surface area contributed by atoms with E-state index in [4.69, 9.17) is 4.74 Å². The number of rotatable bonds is 4. The van der Waals surface area contributed by atoms with Crippen LogP contribution in [0.15, 0.2) is 54.6 Å². The minimum absolute atomic E-state index is 0.0210. The number of hydrogen-bond acceptors (Lipinski definition) is 2. The van der Waals surface area contributed by atoms with E-state index in [9.17, 15) is 0 Å². The van der Waals surface area contributed by atoms with Gasteiger partial charge in [-0.1, -0.05) is 75.4 Å². The number of hydrogen-bond donors (Lipinski definition) is 1. The monoisotopic (exact) mass is 349 g/mol. The topological polar surface area (TPSA) is 21.3 Å². The van der Waals surface area contributed by atoms with Gasteiger partial charge in [0.05, 0.1) is 6.10 Å². The van der Waals surface area contributed by atoms with Gasteiger partial charge in [-0.2, -0.15) is 0 Å². The number of nitrogens with one attached hydrogen (secondary N) is 1. The zero-order valence-electron chi connectivity index (χ0n) is 16.2. The molecule has 0 spiro atoms. The first-order chi connectivity index (χ1) is 12.5. The summed E-state index contributed by atoms with van der Waals surface area (Å²) in [5.74, 6) is 0. The fourth-order valence-corrected chi connectivity index (χ4v) is 4.44. The lowest BCUT2D eigenvalue weighted by atomic mass is 9.86. The summed E-state index contributed by atoms with van der Waals surface area (Å²) in [4.78, 5) is 0. The van der Waals surface area contributed by atoms with Gasteiger partial charge in [-0.25, -0.2) is 0 Å². The number of ether oxygens (including phenoxy) is 1. The standard InChI is InChI=1S/C24H31NO/c1-24(2,3)19-11-9-18(10-12-19)23(17-7-5-4-6-8-17)26-22-15-20-13-14-21(16-22)25-20/h4-12,20-23,25H,13-16H2,1-3H3/t20-,21+,22?,23?. The first-order valence-corrected chi connectivity index (χ1v) is 10.1. The summed E-state index contributed by atoms with van der Waals surface area (Å²) in [6.45, 7) is 6.79. The van der Waals surface area contributed by atoms with Crippen LogP contribution in [0, 0.1) is 0 Å². The zero-order valence-corrected chi connectivity index (χ0v) is 16.2. The number of benzene rings is 2. The molecule has 4 rings (SSSR count). The van der Waals surface area contributed by atoms with Gasteiger partial charge in [0.1, 0.15) is 6.10 Å². The van der Waals surface area contributed by atoms with E-state index in [0.29, 0.717) is 18.2 Å². The predicted octanol–water partition coefficient (Wildman–Crippen LogP) is 5.37. The SMILES string of the molecule is CC(C)(C)c1ccc(C(OC2C[C@H]3CC[C@@H](C2)N3)c2ccccc2)cc1. The van der Waals surface area contributed by atoms with Crippen molar-refractivity contribution in [1.29, 1.82) is 0 Å². The van der Waals surface area contributed by atoms with Gasteiger partial charge in [0.2, 0.25) is 0 Å². The second-order valence-corrected chi connectivity index (χ2v) is 9.03. The van der Waals surface area contributed by atoms with Gasteiger partial charge in [-0.05, 0) is 47.8 Å². The quantitative estimate of drug-likeness (QED) is 0.801. The second kappa shape index (κ2) is 7.17. The average molecular weight is 350 g/mol. The highest BCUT2D eigenvalue weighted by Gasteiger charge is 2.35. The summed E-state index contributed by atoms with van der Waals surface area (Å²) in [5, 5.41) is 3.72. The highest BCUT2D eigenvalue weighted by molar-refractivity contribution is 5.34. The molecule has 2 aromatic carbocycles. The van der Waals surface area contributed by atoms with E-state index in [1.807, 2.05) is 0 Å². The van der Waals surface area contributed by atoms with Crippen LogP contribution < -0.4 is 5.32 Å². The van der Waals surface area contributed by atoms with Crippen LogP contribution in [-0.2, 0) is 10.2 Å². The highest BCUT2D eigenvalue weighted by Crippen LogP contribution is 2.35. The summed E-state index contributed by atoms with van der Waals surface area (Å²) in [6, 6.07) is 21.0. The molecule has 2 heterocycles. The molecule has 2 aromatic rings. The van der Waals surface area contributed by atoms with Crippen LogP contribution in [0.2, 0.25) is 0 Å². The number of fused-ring (bicyclic) bond motifs is 2. The Morgan fingerprint density at radius 1 is 0.846 bits per heavy atom. The molecule has 0 radical (unpaired) electrons. The van der Waals surface area contributed by atoms with Gasteiger partial charge < -0.3 is 10.1 Å². The zero-order chi connectivity index (χ0) is 18.1. The van der Waals surface area contributed by atoms with Gasteiger partial charge in [-0.15, -0.1) is 0 Å². The molecule has 1 N–H and O–H groups in total. The Morgan fingerprint density at radius 3 is 2.00 bits per heavy atom. The summed E-state index contributed by atoms with van der Waals surface area (Å²) in [6.07, 6.45) is 5.26. The van der Waals surface area contributed by atoms with Crippen LogP contribution in [0.25, 0.3) is 0 Å². The highest BCUT2D eigenvalue weighted by atomic mass is 16.5. The van der Waals surface area contributed by atoms with Gasteiger partial charge in [0.15, 0.2) is 0 Å². The van der Waals surface area contributed by atoms with Crippen LogP contribution in [-0.4, -0.2) is 18.2 Å². The van der Waals surface area contributed by atoms with Crippen molar-refractivity contribution in [3.05, 3.63) is 71.3 Å². The molecule has 0 aliphatic carbocycles. The van der Waals surface area contributed by atoms with Gasteiger partial charge in [-0.3, -0.25) is 0 Å². The van der Waals surface area contributed by atoms with E-state index in [0.717, 1.165) is 12.8 Å². The van der Waals surface area contributed by atoms with Crippen LogP contribution in [0.4, 0.5) is 0 Å². The molecule has 2 aliphatic heterocycles. The Kier molecular flexibility index (Phi) is 4.90. The van der Waals surface area contributed by atoms with Crippen molar-refractivity contribution in [2.24, 2.45) is 0 Å². The molecule has 2 bridgehead atoms. The molecule has 2 unspecified atom stereocenters. The molecule has 2 saturated heterocycles. The van der Waals surface area contributed by atoms with Gasteiger partial charge in [0, 0.05) is 12.1 Å². The molecular weight excluding hydrogens is 318 g/mol. The molecule has 0 saturated carbocycles.